The first-order valence-electron chi connectivity index (χ1n) is 5.78. The highest BCUT2D eigenvalue weighted by Crippen LogP contribution is 2.19. The molecule has 5 heteroatoms. The first-order valence-corrected chi connectivity index (χ1v) is 7.45. The number of rotatable bonds is 7. The molecule has 1 amide bonds. The summed E-state index contributed by atoms with van der Waals surface area (Å²) < 4.78 is 1.12. The van der Waals surface area contributed by atoms with Crippen LogP contribution in [0.2, 0.25) is 0 Å². The minimum absolute atomic E-state index is 0.124. The van der Waals surface area contributed by atoms with Crippen LogP contribution in [-0.4, -0.2) is 19.0 Å². The topological polar surface area (TPSA) is 41.1 Å². The number of amides is 1. The van der Waals surface area contributed by atoms with Gasteiger partial charge in [-0.2, -0.15) is 0 Å². The molecular weight excluding hydrogens is 300 g/mol. The third kappa shape index (κ3) is 6.81. The van der Waals surface area contributed by atoms with E-state index in [1.807, 2.05) is 0 Å². The Morgan fingerprint density at radius 2 is 2.29 bits per heavy atom. The number of carbonyl (C=O) groups is 1. The molecule has 0 radical (unpaired) electrons. The van der Waals surface area contributed by atoms with Gasteiger partial charge in [-0.25, -0.2) is 0 Å². The first kappa shape index (κ1) is 14.7. The van der Waals surface area contributed by atoms with E-state index < -0.39 is 0 Å². The van der Waals surface area contributed by atoms with Crippen LogP contribution in [0.5, 0.6) is 0 Å². The molecule has 96 valence electrons. The molecule has 0 bridgehead atoms. The molecule has 0 aliphatic heterocycles. The molecule has 2 N–H and O–H groups in total. The monoisotopic (exact) mass is 318 g/mol. The van der Waals surface area contributed by atoms with Crippen LogP contribution < -0.4 is 10.6 Å². The number of hydrogen-bond acceptors (Lipinski definition) is 3. The van der Waals surface area contributed by atoms with Crippen LogP contribution >= 0.6 is 27.3 Å². The zero-order chi connectivity index (χ0) is 12.7. The number of nitrogens with one attached hydrogen (secondary N) is 2. The fraction of sp³-hybridized carbons (Fsp3) is 0.583. The second-order valence-electron chi connectivity index (χ2n) is 4.36. The fourth-order valence-electron chi connectivity index (χ4n) is 1.27. The molecule has 0 fully saturated rings. The Labute approximate surface area is 115 Å². The van der Waals surface area contributed by atoms with Crippen molar-refractivity contribution >= 4 is 33.2 Å². The summed E-state index contributed by atoms with van der Waals surface area (Å²) in [7, 11) is 0. The summed E-state index contributed by atoms with van der Waals surface area (Å²) in [5, 5.41) is 8.23. The van der Waals surface area contributed by atoms with Crippen molar-refractivity contribution in [3.05, 3.63) is 20.8 Å². The molecule has 0 aliphatic rings. The molecule has 17 heavy (non-hydrogen) atoms. The molecule has 0 unspecified atom stereocenters. The summed E-state index contributed by atoms with van der Waals surface area (Å²) in [6, 6.07) is 2.09. The third-order valence-corrected chi connectivity index (χ3v) is 3.85. The van der Waals surface area contributed by atoms with Crippen LogP contribution in [0.15, 0.2) is 15.9 Å². The van der Waals surface area contributed by atoms with Crippen molar-refractivity contribution in [2.24, 2.45) is 5.92 Å². The van der Waals surface area contributed by atoms with E-state index in [0.717, 1.165) is 24.1 Å². The highest BCUT2D eigenvalue weighted by Gasteiger charge is 2.02. The second-order valence-corrected chi connectivity index (χ2v) is 6.27. The van der Waals surface area contributed by atoms with Gasteiger partial charge >= 0.3 is 0 Å². The molecular formula is C12H19BrN2OS. The van der Waals surface area contributed by atoms with Gasteiger partial charge in [-0.3, -0.25) is 4.79 Å². The zero-order valence-electron chi connectivity index (χ0n) is 10.3. The molecule has 1 heterocycles. The Kier molecular flexibility index (Phi) is 6.77. The van der Waals surface area contributed by atoms with Crippen molar-refractivity contribution < 1.29 is 4.79 Å². The van der Waals surface area contributed by atoms with Crippen molar-refractivity contribution in [3.8, 4) is 0 Å². The lowest BCUT2D eigenvalue weighted by Gasteiger charge is -2.07. The highest BCUT2D eigenvalue weighted by molar-refractivity contribution is 9.10. The minimum atomic E-state index is 0.124. The van der Waals surface area contributed by atoms with E-state index in [1.54, 1.807) is 11.3 Å². The Morgan fingerprint density at radius 1 is 1.53 bits per heavy atom. The van der Waals surface area contributed by atoms with Crippen LogP contribution in [0.4, 0.5) is 0 Å². The van der Waals surface area contributed by atoms with E-state index in [2.05, 4.69) is 51.9 Å². The van der Waals surface area contributed by atoms with Crippen LogP contribution in [0.25, 0.3) is 0 Å². The Hall–Kier alpha value is -0.390. The number of thiophene rings is 1. The van der Waals surface area contributed by atoms with Crippen LogP contribution in [0.1, 0.15) is 25.1 Å². The third-order valence-electron chi connectivity index (χ3n) is 2.16. The van der Waals surface area contributed by atoms with Gasteiger partial charge in [0.05, 0.1) is 0 Å². The van der Waals surface area contributed by atoms with Gasteiger partial charge < -0.3 is 10.6 Å². The molecule has 0 atom stereocenters. The average molecular weight is 319 g/mol. The van der Waals surface area contributed by atoms with E-state index in [0.29, 0.717) is 12.3 Å². The lowest BCUT2D eigenvalue weighted by Crippen LogP contribution is -2.30. The van der Waals surface area contributed by atoms with Gasteiger partial charge in [-0.1, -0.05) is 13.8 Å². The summed E-state index contributed by atoms with van der Waals surface area (Å²) in [6.07, 6.45) is 0.541. The van der Waals surface area contributed by atoms with Crippen molar-refractivity contribution in [1.82, 2.24) is 10.6 Å². The molecule has 3 nitrogen and oxygen atoms in total. The van der Waals surface area contributed by atoms with E-state index in [1.165, 1.54) is 4.88 Å². The van der Waals surface area contributed by atoms with Crippen molar-refractivity contribution in [3.63, 3.8) is 0 Å². The summed E-state index contributed by atoms with van der Waals surface area (Å²) in [6.45, 7) is 6.49. The predicted octanol–water partition coefficient (Wildman–Crippen LogP) is 2.76. The Balaban J connectivity index is 2.06. The number of halogens is 1. The normalized spacial score (nSPS) is 10.8. The molecule has 0 aromatic carbocycles. The molecule has 0 spiro atoms. The van der Waals surface area contributed by atoms with E-state index in [4.69, 9.17) is 0 Å². The van der Waals surface area contributed by atoms with Crippen LogP contribution in [-0.2, 0) is 11.3 Å². The van der Waals surface area contributed by atoms with Crippen LogP contribution in [0, 0.1) is 5.92 Å². The maximum atomic E-state index is 11.4. The van der Waals surface area contributed by atoms with Gasteiger partial charge in [0, 0.05) is 40.8 Å². The first-order chi connectivity index (χ1) is 8.08. The summed E-state index contributed by atoms with van der Waals surface area (Å²) in [5.41, 5.74) is 0. The average Bonchev–Trinajstić information content (AvgIpc) is 2.68. The molecule has 0 aliphatic carbocycles. The zero-order valence-corrected chi connectivity index (χ0v) is 12.7. The van der Waals surface area contributed by atoms with Crippen molar-refractivity contribution in [2.75, 3.05) is 13.1 Å². The largest absolute Gasteiger partial charge is 0.356 e. The Morgan fingerprint density at radius 3 is 2.88 bits per heavy atom. The van der Waals surface area contributed by atoms with Crippen molar-refractivity contribution in [2.45, 2.75) is 26.8 Å². The van der Waals surface area contributed by atoms with Gasteiger partial charge in [0.2, 0.25) is 5.91 Å². The van der Waals surface area contributed by atoms with E-state index in [-0.39, 0.29) is 5.91 Å². The van der Waals surface area contributed by atoms with Gasteiger partial charge in [0.1, 0.15) is 0 Å². The van der Waals surface area contributed by atoms with E-state index >= 15 is 0 Å². The van der Waals surface area contributed by atoms with Crippen LogP contribution in [0.3, 0.4) is 0 Å². The maximum absolute atomic E-state index is 11.4. The van der Waals surface area contributed by atoms with E-state index in [9.17, 15) is 4.79 Å². The van der Waals surface area contributed by atoms with Gasteiger partial charge in [-0.15, -0.1) is 11.3 Å². The molecule has 0 saturated heterocycles. The molecule has 1 aromatic heterocycles. The molecule has 1 rings (SSSR count). The predicted molar refractivity (Wildman–Crippen MR) is 76.2 cm³/mol. The minimum Gasteiger partial charge on any atom is -0.356 e. The van der Waals surface area contributed by atoms with Gasteiger partial charge in [0.15, 0.2) is 0 Å². The molecule has 1 aromatic rings. The van der Waals surface area contributed by atoms with Gasteiger partial charge in [-0.05, 0) is 27.9 Å². The number of hydrogen-bond donors (Lipinski definition) is 2. The maximum Gasteiger partial charge on any atom is 0.221 e. The summed E-state index contributed by atoms with van der Waals surface area (Å²) >= 11 is 5.13. The number of carbonyl (C=O) groups excluding carboxylic acids is 1. The lowest BCUT2D eigenvalue weighted by atomic mass is 10.2. The summed E-state index contributed by atoms with van der Waals surface area (Å²) in [4.78, 5) is 12.7. The Bertz CT molecular complexity index is 352. The molecule has 0 saturated carbocycles. The highest BCUT2D eigenvalue weighted by atomic mass is 79.9. The smallest absolute Gasteiger partial charge is 0.221 e. The second kappa shape index (κ2) is 7.84. The quantitative estimate of drug-likeness (QED) is 0.759. The van der Waals surface area contributed by atoms with Gasteiger partial charge in [0.25, 0.3) is 0 Å². The SMILES string of the molecule is CC(C)CNC(=O)CCNCc1cc(Br)cs1. The summed E-state index contributed by atoms with van der Waals surface area (Å²) in [5.74, 6) is 0.633. The lowest BCUT2D eigenvalue weighted by molar-refractivity contribution is -0.121. The fourth-order valence-corrected chi connectivity index (χ4v) is 2.69. The van der Waals surface area contributed by atoms with Crippen molar-refractivity contribution in [1.29, 1.82) is 0 Å². The standard InChI is InChI=1S/C12H19BrN2OS/c1-9(2)6-15-12(16)3-4-14-7-11-5-10(13)8-17-11/h5,8-9,14H,3-4,6-7H2,1-2H3,(H,15,16).